The number of aromatic nitrogens is 2. The van der Waals surface area contributed by atoms with Crippen LogP contribution in [0, 0.1) is 24.3 Å². The van der Waals surface area contributed by atoms with E-state index in [1.807, 2.05) is 11.8 Å². The predicted molar refractivity (Wildman–Crippen MR) is 111 cm³/mol. The van der Waals surface area contributed by atoms with Crippen molar-refractivity contribution in [3.05, 3.63) is 31.3 Å². The van der Waals surface area contributed by atoms with E-state index in [-0.39, 0.29) is 18.5 Å². The molecule has 2 aromatic heterocycles. The molecule has 32 heavy (non-hydrogen) atoms. The van der Waals surface area contributed by atoms with Crippen molar-refractivity contribution in [2.75, 3.05) is 19.7 Å². The van der Waals surface area contributed by atoms with Gasteiger partial charge in [-0.15, -0.1) is 29.5 Å². The summed E-state index contributed by atoms with van der Waals surface area (Å²) >= 11 is 1.19. The fourth-order valence-electron chi connectivity index (χ4n) is 3.97. The molecule has 1 saturated carbocycles. The van der Waals surface area contributed by atoms with Crippen LogP contribution >= 0.6 is 11.3 Å². The molecule has 2 aliphatic rings. The lowest BCUT2D eigenvalue weighted by Gasteiger charge is -2.15. The van der Waals surface area contributed by atoms with Crippen molar-refractivity contribution in [1.82, 2.24) is 19.4 Å². The van der Waals surface area contributed by atoms with Crippen LogP contribution in [0.5, 0.6) is 0 Å². The number of ether oxygens (including phenoxy) is 1. The second-order valence-electron chi connectivity index (χ2n) is 7.90. The molecular formula is C19H21F3N6O3S. The van der Waals surface area contributed by atoms with Gasteiger partial charge >= 0.3 is 12.1 Å². The molecule has 0 spiro atoms. The van der Waals surface area contributed by atoms with Gasteiger partial charge in [0.2, 0.25) is 12.2 Å². The molecule has 1 aliphatic carbocycles. The van der Waals surface area contributed by atoms with Crippen LogP contribution in [0.4, 0.5) is 13.2 Å². The van der Waals surface area contributed by atoms with Gasteiger partial charge in [0.25, 0.3) is 5.56 Å². The zero-order valence-electron chi connectivity index (χ0n) is 17.4. The standard InChI is InChI=1S/C19H21F3N6O3S/c1-10-7-12(10)28-15(29)14-11(2)13(8-26-4-3-24-17(26)25-9-23)32-16(14)27(18(28)30)5-6-31-19(20,21)22/h10,12H,3-8H2,1-2H3,(H,24,25). The van der Waals surface area contributed by atoms with Gasteiger partial charge in [-0.25, -0.2) is 4.79 Å². The van der Waals surface area contributed by atoms with E-state index in [4.69, 9.17) is 5.26 Å². The summed E-state index contributed by atoms with van der Waals surface area (Å²) in [6, 6.07) is -0.255. The molecule has 1 saturated heterocycles. The smallest absolute Gasteiger partial charge is 0.354 e. The molecule has 1 aliphatic heterocycles. The summed E-state index contributed by atoms with van der Waals surface area (Å²) < 4.78 is 43.7. The highest BCUT2D eigenvalue weighted by Gasteiger charge is 2.38. The Labute approximate surface area is 184 Å². The molecule has 2 fully saturated rings. The molecule has 172 valence electrons. The number of hydrogen-bond donors (Lipinski definition) is 1. The molecule has 0 amide bonds. The van der Waals surface area contributed by atoms with Crippen molar-refractivity contribution in [2.45, 2.75) is 45.8 Å². The lowest BCUT2D eigenvalue weighted by molar-refractivity contribution is -0.325. The van der Waals surface area contributed by atoms with Crippen LogP contribution in [0.1, 0.15) is 29.8 Å². The summed E-state index contributed by atoms with van der Waals surface area (Å²) in [4.78, 5) is 33.1. The number of nitrogens with zero attached hydrogens (tertiary/aromatic N) is 5. The minimum Gasteiger partial charge on any atom is -0.354 e. The number of halogens is 3. The molecule has 2 atom stereocenters. The van der Waals surface area contributed by atoms with E-state index in [2.05, 4.69) is 15.0 Å². The first-order valence-electron chi connectivity index (χ1n) is 10.1. The average Bonchev–Trinajstić information content (AvgIpc) is 3.10. The highest BCUT2D eigenvalue weighted by atomic mass is 32.1. The van der Waals surface area contributed by atoms with Gasteiger partial charge in [0.05, 0.1) is 25.1 Å². The fourth-order valence-corrected chi connectivity index (χ4v) is 5.30. The minimum atomic E-state index is -4.81. The number of hydrogen-bond acceptors (Lipinski definition) is 6. The van der Waals surface area contributed by atoms with Gasteiger partial charge in [-0.2, -0.15) is 5.26 Å². The quantitative estimate of drug-likeness (QED) is 0.647. The topological polar surface area (TPSA) is 105 Å². The number of thiophene rings is 1. The molecule has 3 heterocycles. The van der Waals surface area contributed by atoms with Crippen LogP contribution in [-0.4, -0.2) is 46.1 Å². The molecule has 1 N–H and O–H groups in total. The van der Waals surface area contributed by atoms with Crippen molar-refractivity contribution in [3.8, 4) is 6.19 Å². The Hall–Kier alpha value is -2.85. The Morgan fingerprint density at radius 1 is 1.38 bits per heavy atom. The number of nitriles is 1. The third-order valence-electron chi connectivity index (χ3n) is 5.78. The second-order valence-corrected chi connectivity index (χ2v) is 8.98. The molecule has 13 heteroatoms. The molecule has 0 bridgehead atoms. The maximum atomic E-state index is 13.3. The molecular weight excluding hydrogens is 449 g/mol. The molecule has 0 aromatic carbocycles. The van der Waals surface area contributed by atoms with Crippen molar-refractivity contribution in [2.24, 2.45) is 10.9 Å². The number of aliphatic imine (C=N–C) groups is 1. The number of aryl methyl sites for hydroxylation is 1. The van der Waals surface area contributed by atoms with E-state index in [9.17, 15) is 22.8 Å². The predicted octanol–water partition coefficient (Wildman–Crippen LogP) is 1.89. The Morgan fingerprint density at radius 3 is 2.72 bits per heavy atom. The monoisotopic (exact) mass is 470 g/mol. The Kier molecular flexibility index (Phi) is 5.76. The zero-order valence-corrected chi connectivity index (χ0v) is 18.2. The minimum absolute atomic E-state index is 0.150. The first kappa shape index (κ1) is 22.3. The fraction of sp³-hybridized carbons (Fsp3) is 0.579. The molecule has 0 radical (unpaired) electrons. The van der Waals surface area contributed by atoms with E-state index < -0.39 is 24.2 Å². The summed E-state index contributed by atoms with van der Waals surface area (Å²) in [5.74, 6) is 0.570. The highest BCUT2D eigenvalue weighted by Crippen LogP contribution is 2.41. The Bertz CT molecular complexity index is 1240. The lowest BCUT2D eigenvalue weighted by atomic mass is 10.2. The molecule has 4 rings (SSSR count). The molecule has 2 unspecified atom stereocenters. The van der Waals surface area contributed by atoms with Gasteiger partial charge in [-0.3, -0.25) is 18.7 Å². The largest absolute Gasteiger partial charge is 0.522 e. The van der Waals surface area contributed by atoms with E-state index in [1.165, 1.54) is 20.5 Å². The van der Waals surface area contributed by atoms with Gasteiger partial charge in [0.1, 0.15) is 4.83 Å². The first-order valence-corrected chi connectivity index (χ1v) is 10.9. The van der Waals surface area contributed by atoms with E-state index in [1.54, 1.807) is 13.1 Å². The second kappa shape index (κ2) is 8.25. The third kappa shape index (κ3) is 4.12. The highest BCUT2D eigenvalue weighted by molar-refractivity contribution is 7.18. The maximum Gasteiger partial charge on any atom is 0.522 e. The van der Waals surface area contributed by atoms with E-state index in [0.29, 0.717) is 47.8 Å². The number of fused-ring (bicyclic) bond motifs is 1. The number of rotatable bonds is 6. The normalized spacial score (nSPS) is 21.9. The van der Waals surface area contributed by atoms with Gasteiger partial charge < -0.3 is 10.2 Å². The van der Waals surface area contributed by atoms with Crippen molar-refractivity contribution in [3.63, 3.8) is 0 Å². The van der Waals surface area contributed by atoms with Crippen molar-refractivity contribution in [1.29, 1.82) is 5.26 Å². The van der Waals surface area contributed by atoms with Crippen LogP contribution in [0.2, 0.25) is 0 Å². The summed E-state index contributed by atoms with van der Waals surface area (Å²) in [5, 5.41) is 12.2. The SMILES string of the molecule is Cc1c(CN2CCN/C2=N\C#N)sc2c1c(=O)n(C1CC1C)c(=O)n2CCOC(F)(F)F. The number of nitrogens with one attached hydrogen (secondary N) is 1. The summed E-state index contributed by atoms with van der Waals surface area (Å²) in [6.07, 6.45) is -2.40. The van der Waals surface area contributed by atoms with E-state index in [0.717, 1.165) is 4.88 Å². The Morgan fingerprint density at radius 2 is 2.09 bits per heavy atom. The maximum absolute atomic E-state index is 13.3. The summed E-state index contributed by atoms with van der Waals surface area (Å²) in [5.41, 5.74) is -0.367. The van der Waals surface area contributed by atoms with E-state index >= 15 is 0 Å². The summed E-state index contributed by atoms with van der Waals surface area (Å²) in [6.45, 7) is 4.17. The lowest BCUT2D eigenvalue weighted by Crippen LogP contribution is -2.40. The molecule has 2 aromatic rings. The van der Waals surface area contributed by atoms with Gasteiger partial charge in [0.15, 0.2) is 0 Å². The van der Waals surface area contributed by atoms with Gasteiger partial charge in [-0.1, -0.05) is 6.92 Å². The van der Waals surface area contributed by atoms with Gasteiger partial charge in [0, 0.05) is 24.0 Å². The summed E-state index contributed by atoms with van der Waals surface area (Å²) in [7, 11) is 0. The van der Waals surface area contributed by atoms with Crippen LogP contribution in [0.25, 0.3) is 10.2 Å². The average molecular weight is 470 g/mol. The van der Waals surface area contributed by atoms with Gasteiger partial charge in [-0.05, 0) is 24.8 Å². The van der Waals surface area contributed by atoms with Crippen LogP contribution in [-0.2, 0) is 17.8 Å². The molecule has 9 nitrogen and oxygen atoms in total. The van der Waals surface area contributed by atoms with Crippen molar-refractivity contribution < 1.29 is 17.9 Å². The number of guanidine groups is 1. The van der Waals surface area contributed by atoms with Crippen LogP contribution in [0.15, 0.2) is 14.6 Å². The first-order chi connectivity index (χ1) is 15.1. The number of alkyl halides is 3. The van der Waals surface area contributed by atoms with Crippen LogP contribution < -0.4 is 16.6 Å². The zero-order chi connectivity index (χ0) is 23.2. The third-order valence-corrected chi connectivity index (χ3v) is 7.08. The van der Waals surface area contributed by atoms with Crippen LogP contribution in [0.3, 0.4) is 0 Å². The Balaban J connectivity index is 1.79. The van der Waals surface area contributed by atoms with Crippen molar-refractivity contribution >= 4 is 27.5 Å².